The molecule has 0 saturated carbocycles. The molecule has 0 radical (unpaired) electrons. The lowest BCUT2D eigenvalue weighted by molar-refractivity contribution is 0.0846. The summed E-state index contributed by atoms with van der Waals surface area (Å²) in [6.07, 6.45) is 1.98. The van der Waals surface area contributed by atoms with Crippen LogP contribution in [0, 0.1) is 0 Å². The van der Waals surface area contributed by atoms with Crippen LogP contribution in [0.1, 0.15) is 40.1 Å². The summed E-state index contributed by atoms with van der Waals surface area (Å²) in [6, 6.07) is 12.1. The highest BCUT2D eigenvalue weighted by molar-refractivity contribution is 7.97. The average Bonchev–Trinajstić information content (AvgIpc) is 2.66. The average molecular weight is 388 g/mol. The number of ether oxygens (including phenoxy) is 2. The maximum absolute atomic E-state index is 12.3. The van der Waals surface area contributed by atoms with Crippen molar-refractivity contribution in [3.63, 3.8) is 0 Å². The van der Waals surface area contributed by atoms with Crippen LogP contribution in [0.3, 0.4) is 0 Å². The van der Waals surface area contributed by atoms with E-state index in [0.29, 0.717) is 22.6 Å². The van der Waals surface area contributed by atoms with Crippen molar-refractivity contribution in [3.05, 3.63) is 59.2 Å². The number of thioether (sulfide) groups is 1. The fourth-order valence-corrected chi connectivity index (χ4v) is 2.90. The molecule has 144 valence electrons. The van der Waals surface area contributed by atoms with Crippen molar-refractivity contribution in [3.8, 4) is 11.5 Å². The van der Waals surface area contributed by atoms with Crippen LogP contribution >= 0.6 is 11.8 Å². The fraction of sp³-hybridized carbons (Fsp3) is 0.300. The highest BCUT2D eigenvalue weighted by atomic mass is 32.2. The number of hydrogen-bond acceptors (Lipinski definition) is 5. The number of carbonyl (C=O) groups is 2. The van der Waals surface area contributed by atoms with Gasteiger partial charge in [-0.15, -0.1) is 0 Å². The van der Waals surface area contributed by atoms with Crippen LogP contribution in [0.2, 0.25) is 0 Å². The molecule has 2 aromatic rings. The summed E-state index contributed by atoms with van der Waals surface area (Å²) >= 11 is 1.68. The van der Waals surface area contributed by atoms with Crippen molar-refractivity contribution in [1.29, 1.82) is 0 Å². The van der Waals surface area contributed by atoms with Gasteiger partial charge >= 0.3 is 0 Å². The van der Waals surface area contributed by atoms with Crippen molar-refractivity contribution in [2.24, 2.45) is 0 Å². The summed E-state index contributed by atoms with van der Waals surface area (Å²) in [6.45, 7) is 3.81. The van der Waals surface area contributed by atoms with Gasteiger partial charge in [-0.2, -0.15) is 11.8 Å². The summed E-state index contributed by atoms with van der Waals surface area (Å²) < 4.78 is 10.9. The maximum Gasteiger partial charge on any atom is 0.269 e. The van der Waals surface area contributed by atoms with Gasteiger partial charge in [-0.1, -0.05) is 12.1 Å². The van der Waals surface area contributed by atoms with Crippen molar-refractivity contribution in [1.82, 2.24) is 10.9 Å². The molecule has 6 nitrogen and oxygen atoms in total. The van der Waals surface area contributed by atoms with E-state index in [1.807, 2.05) is 32.2 Å². The number of rotatable bonds is 7. The van der Waals surface area contributed by atoms with Gasteiger partial charge in [0.25, 0.3) is 11.8 Å². The van der Waals surface area contributed by atoms with Gasteiger partial charge in [0.05, 0.1) is 13.2 Å². The fourth-order valence-electron chi connectivity index (χ4n) is 2.39. The molecule has 2 N–H and O–H groups in total. The molecule has 2 aromatic carbocycles. The molecule has 27 heavy (non-hydrogen) atoms. The first-order chi connectivity index (χ1) is 12.9. The first kappa shape index (κ1) is 20.6. The van der Waals surface area contributed by atoms with Gasteiger partial charge in [-0.3, -0.25) is 20.4 Å². The van der Waals surface area contributed by atoms with Gasteiger partial charge in [0.1, 0.15) is 0 Å². The van der Waals surface area contributed by atoms with Gasteiger partial charge in [0.15, 0.2) is 11.5 Å². The lowest BCUT2D eigenvalue weighted by Crippen LogP contribution is -2.41. The van der Waals surface area contributed by atoms with E-state index in [0.717, 1.165) is 11.3 Å². The van der Waals surface area contributed by atoms with Crippen LogP contribution in [-0.4, -0.2) is 31.3 Å². The Morgan fingerprint density at radius 3 is 2.26 bits per heavy atom. The van der Waals surface area contributed by atoms with Crippen LogP contribution in [0.4, 0.5) is 0 Å². The Morgan fingerprint density at radius 2 is 1.67 bits per heavy atom. The topological polar surface area (TPSA) is 76.7 Å². The number of carbonyl (C=O) groups excluding carboxylic acids is 2. The van der Waals surface area contributed by atoms with Crippen molar-refractivity contribution in [2.75, 3.05) is 13.4 Å². The van der Waals surface area contributed by atoms with E-state index in [1.165, 1.54) is 7.11 Å². The molecule has 0 aliphatic carbocycles. The van der Waals surface area contributed by atoms with Crippen molar-refractivity contribution < 1.29 is 19.1 Å². The first-order valence-corrected chi connectivity index (χ1v) is 9.87. The number of nitrogens with one attached hydrogen (secondary N) is 2. The lowest BCUT2D eigenvalue weighted by atomic mass is 10.1. The van der Waals surface area contributed by atoms with Crippen LogP contribution < -0.4 is 20.3 Å². The third kappa shape index (κ3) is 5.92. The van der Waals surface area contributed by atoms with E-state index < -0.39 is 5.91 Å². The van der Waals surface area contributed by atoms with Crippen LogP contribution in [0.25, 0.3) is 0 Å². The number of hydrazine groups is 1. The molecule has 0 bridgehead atoms. The number of amides is 2. The zero-order chi connectivity index (χ0) is 19.8. The SMILES string of the molecule is COc1cc(C(=O)NNC(=O)c2cccc(CSC)c2)ccc1OC(C)C. The van der Waals surface area contributed by atoms with Crippen LogP contribution in [0.15, 0.2) is 42.5 Å². The Kier molecular flexibility index (Phi) is 7.55. The normalized spacial score (nSPS) is 10.4. The third-order valence-electron chi connectivity index (χ3n) is 3.58. The van der Waals surface area contributed by atoms with Gasteiger partial charge in [0.2, 0.25) is 0 Å². The molecule has 0 aliphatic rings. The molecule has 2 rings (SSSR count). The van der Waals surface area contributed by atoms with Gasteiger partial charge in [-0.05, 0) is 56.0 Å². The second-order valence-electron chi connectivity index (χ2n) is 6.07. The van der Waals surface area contributed by atoms with E-state index in [-0.39, 0.29) is 12.0 Å². The van der Waals surface area contributed by atoms with E-state index >= 15 is 0 Å². The molecule has 0 saturated heterocycles. The molecular weight excluding hydrogens is 364 g/mol. The summed E-state index contributed by atoms with van der Waals surface area (Å²) in [5.41, 5.74) is 6.73. The smallest absolute Gasteiger partial charge is 0.269 e. The van der Waals surface area contributed by atoms with E-state index in [1.54, 1.807) is 42.1 Å². The van der Waals surface area contributed by atoms with E-state index in [2.05, 4.69) is 10.9 Å². The number of hydrogen-bond donors (Lipinski definition) is 2. The minimum atomic E-state index is -0.446. The first-order valence-electron chi connectivity index (χ1n) is 8.48. The van der Waals surface area contributed by atoms with Gasteiger partial charge in [-0.25, -0.2) is 0 Å². The van der Waals surface area contributed by atoms with E-state index in [4.69, 9.17) is 9.47 Å². The lowest BCUT2D eigenvalue weighted by Gasteiger charge is -2.14. The quantitative estimate of drug-likeness (QED) is 0.711. The zero-order valence-corrected chi connectivity index (χ0v) is 16.7. The molecule has 0 atom stereocenters. The highest BCUT2D eigenvalue weighted by Crippen LogP contribution is 2.28. The predicted molar refractivity (Wildman–Crippen MR) is 107 cm³/mol. The molecule has 0 aromatic heterocycles. The Bertz CT molecular complexity index is 808. The summed E-state index contributed by atoms with van der Waals surface area (Å²) in [7, 11) is 1.51. The third-order valence-corrected chi connectivity index (χ3v) is 4.20. The molecule has 0 aliphatic heterocycles. The van der Waals surface area contributed by atoms with Crippen molar-refractivity contribution in [2.45, 2.75) is 25.7 Å². The second-order valence-corrected chi connectivity index (χ2v) is 6.94. The molecule has 0 unspecified atom stereocenters. The Morgan fingerprint density at radius 1 is 1.00 bits per heavy atom. The Balaban J connectivity index is 2.02. The molecular formula is C20H24N2O4S. The molecule has 0 spiro atoms. The monoisotopic (exact) mass is 388 g/mol. The molecule has 0 fully saturated rings. The highest BCUT2D eigenvalue weighted by Gasteiger charge is 2.13. The van der Waals surface area contributed by atoms with Crippen molar-refractivity contribution >= 4 is 23.6 Å². The van der Waals surface area contributed by atoms with Gasteiger partial charge < -0.3 is 9.47 Å². The Labute approximate surface area is 163 Å². The largest absolute Gasteiger partial charge is 0.493 e. The minimum absolute atomic E-state index is 0.0141. The molecule has 2 amide bonds. The van der Waals surface area contributed by atoms with Crippen LogP contribution in [-0.2, 0) is 5.75 Å². The van der Waals surface area contributed by atoms with Gasteiger partial charge in [0, 0.05) is 16.9 Å². The standard InChI is InChI=1S/C20H24N2O4S/c1-13(2)26-17-9-8-16(11-18(17)25-3)20(24)22-21-19(23)15-7-5-6-14(10-15)12-27-4/h5-11,13H,12H2,1-4H3,(H,21,23)(H,22,24). The number of benzene rings is 2. The second kappa shape index (κ2) is 9.87. The molecule has 7 heteroatoms. The zero-order valence-electron chi connectivity index (χ0n) is 15.9. The Hall–Kier alpha value is -2.67. The summed E-state index contributed by atoms with van der Waals surface area (Å²) in [4.78, 5) is 24.6. The van der Waals surface area contributed by atoms with Crippen LogP contribution in [0.5, 0.6) is 11.5 Å². The summed E-state index contributed by atoms with van der Waals surface area (Å²) in [5.74, 6) is 1.00. The maximum atomic E-state index is 12.3. The van der Waals surface area contributed by atoms with E-state index in [9.17, 15) is 9.59 Å². The minimum Gasteiger partial charge on any atom is -0.493 e. The number of methoxy groups -OCH3 is 1. The predicted octanol–water partition coefficient (Wildman–Crippen LogP) is 3.42. The molecule has 0 heterocycles. The summed E-state index contributed by atoms with van der Waals surface area (Å²) in [5, 5.41) is 0.